The monoisotopic (exact) mass is 484 g/mol. The topological polar surface area (TPSA) is 70.1 Å². The van der Waals surface area contributed by atoms with Gasteiger partial charge < -0.3 is 14.7 Å². The number of alkyl halides is 1. The summed E-state index contributed by atoms with van der Waals surface area (Å²) in [5, 5.41) is 9.70. The molecule has 0 radical (unpaired) electrons. The van der Waals surface area contributed by atoms with Crippen molar-refractivity contribution >= 4 is 29.4 Å². The van der Waals surface area contributed by atoms with Crippen molar-refractivity contribution in [2.75, 3.05) is 4.90 Å². The number of unbranched alkanes of at least 4 members (excludes halogenated alkanes) is 1. The van der Waals surface area contributed by atoms with E-state index in [4.69, 9.17) is 16.3 Å². The third kappa shape index (κ3) is 5.73. The molecule has 1 amide bonds. The van der Waals surface area contributed by atoms with Crippen LogP contribution in [0.3, 0.4) is 0 Å². The summed E-state index contributed by atoms with van der Waals surface area (Å²) in [5.74, 6) is -0.369. The molecule has 0 saturated heterocycles. The maximum Gasteiger partial charge on any atom is 0.410 e. The summed E-state index contributed by atoms with van der Waals surface area (Å²) in [7, 11) is 0. The van der Waals surface area contributed by atoms with Crippen LogP contribution in [0.2, 0.25) is 0 Å². The fourth-order valence-corrected chi connectivity index (χ4v) is 4.54. The molecule has 0 fully saturated rings. The van der Waals surface area contributed by atoms with Crippen LogP contribution in [0.15, 0.2) is 60.3 Å². The van der Waals surface area contributed by atoms with Gasteiger partial charge >= 0.3 is 12.1 Å². The third-order valence-electron chi connectivity index (χ3n) is 5.69. The summed E-state index contributed by atoms with van der Waals surface area (Å²) in [6, 6.07) is 15.2. The minimum atomic E-state index is -1.06. The highest BCUT2D eigenvalue weighted by molar-refractivity contribution is 6.22. The molecule has 0 bridgehead atoms. The third-order valence-corrected chi connectivity index (χ3v) is 6.03. The maximum atomic E-state index is 12.8. The van der Waals surface area contributed by atoms with E-state index in [1.165, 1.54) is 4.90 Å². The molecule has 0 aromatic heterocycles. The highest BCUT2D eigenvalue weighted by Crippen LogP contribution is 2.35. The smallest absolute Gasteiger partial charge is 0.410 e. The van der Waals surface area contributed by atoms with Gasteiger partial charge in [0, 0.05) is 11.4 Å². The van der Waals surface area contributed by atoms with Gasteiger partial charge in [0.15, 0.2) is 0 Å². The molecular weight excluding hydrogens is 452 g/mol. The van der Waals surface area contributed by atoms with Gasteiger partial charge in [-0.2, -0.15) is 0 Å². The average Bonchev–Trinajstić information content (AvgIpc) is 2.76. The van der Waals surface area contributed by atoms with Gasteiger partial charge in [-0.05, 0) is 75.9 Å². The fourth-order valence-electron chi connectivity index (χ4n) is 4.15. The minimum absolute atomic E-state index is 0.369. The zero-order valence-electron chi connectivity index (χ0n) is 20.4. The Hall–Kier alpha value is -2.99. The Balaban J connectivity index is 1.97. The number of anilines is 1. The van der Waals surface area contributed by atoms with Crippen molar-refractivity contribution < 1.29 is 19.4 Å². The predicted molar refractivity (Wildman–Crippen MR) is 136 cm³/mol. The standard InChI is InChI=1S/C27H33ClN2O4/c1-6-7-10-21-17-24(28)30(26(32)33)18(2)29(21)20-15-13-19(14-16-20)22-11-8-9-12-23(22)25(31)34-27(3,4)5/h8-9,11-18,24H,6-7,10H2,1-5H3,(H,32,33). The number of rotatable bonds is 6. The van der Waals surface area contributed by atoms with Gasteiger partial charge in [0.2, 0.25) is 0 Å². The van der Waals surface area contributed by atoms with E-state index in [0.29, 0.717) is 5.56 Å². The lowest BCUT2D eigenvalue weighted by Gasteiger charge is -2.44. The van der Waals surface area contributed by atoms with Crippen LogP contribution in [-0.2, 0) is 4.74 Å². The molecule has 1 N–H and O–H groups in total. The molecule has 0 spiro atoms. The van der Waals surface area contributed by atoms with Crippen LogP contribution in [0.5, 0.6) is 0 Å². The second kappa shape index (κ2) is 10.5. The fraction of sp³-hybridized carbons (Fsp3) is 0.407. The zero-order valence-corrected chi connectivity index (χ0v) is 21.2. The van der Waals surface area contributed by atoms with Crippen LogP contribution in [0.25, 0.3) is 11.1 Å². The van der Waals surface area contributed by atoms with Crippen molar-refractivity contribution in [3.63, 3.8) is 0 Å². The Bertz CT molecular complexity index is 1060. The second-order valence-electron chi connectivity index (χ2n) is 9.42. The molecule has 7 heteroatoms. The van der Waals surface area contributed by atoms with Crippen molar-refractivity contribution in [1.82, 2.24) is 4.90 Å². The van der Waals surface area contributed by atoms with Gasteiger partial charge in [0.05, 0.1) is 5.56 Å². The minimum Gasteiger partial charge on any atom is -0.465 e. The van der Waals surface area contributed by atoms with Crippen LogP contribution < -0.4 is 4.90 Å². The number of hydrogen-bond acceptors (Lipinski definition) is 4. The molecule has 2 atom stereocenters. The van der Waals surface area contributed by atoms with Crippen molar-refractivity contribution in [2.45, 2.75) is 71.1 Å². The molecular formula is C27H33ClN2O4. The lowest BCUT2D eigenvalue weighted by molar-refractivity contribution is 0.00703. The lowest BCUT2D eigenvalue weighted by Crippen LogP contribution is -2.54. The van der Waals surface area contributed by atoms with Gasteiger partial charge in [-0.15, -0.1) is 0 Å². The highest BCUT2D eigenvalue weighted by Gasteiger charge is 2.36. The van der Waals surface area contributed by atoms with Crippen LogP contribution in [0.4, 0.5) is 10.5 Å². The van der Waals surface area contributed by atoms with Crippen molar-refractivity contribution in [1.29, 1.82) is 0 Å². The number of carbonyl (C=O) groups excluding carboxylic acids is 1. The summed E-state index contributed by atoms with van der Waals surface area (Å²) in [6.07, 6.45) is 3.10. The van der Waals surface area contributed by atoms with E-state index < -0.39 is 23.4 Å². The molecule has 1 heterocycles. The summed E-state index contributed by atoms with van der Waals surface area (Å²) < 4.78 is 5.59. The molecule has 6 nitrogen and oxygen atoms in total. The molecule has 1 aliphatic heterocycles. The second-order valence-corrected chi connectivity index (χ2v) is 9.87. The largest absolute Gasteiger partial charge is 0.465 e. The Morgan fingerprint density at radius 2 is 1.74 bits per heavy atom. The SMILES string of the molecule is CCCCC1=CC(Cl)N(C(=O)O)C(C)N1c1ccc(-c2ccccc2C(=O)OC(C)(C)C)cc1. The van der Waals surface area contributed by atoms with Crippen LogP contribution in [0, 0.1) is 0 Å². The molecule has 2 unspecified atom stereocenters. The summed E-state index contributed by atoms with van der Waals surface area (Å²) in [6.45, 7) is 9.50. The first-order valence-corrected chi connectivity index (χ1v) is 12.0. The normalized spacial score (nSPS) is 18.5. The summed E-state index contributed by atoms with van der Waals surface area (Å²) in [5.41, 5.74) is 2.73. The Morgan fingerprint density at radius 3 is 2.32 bits per heavy atom. The number of carbonyl (C=O) groups is 2. The van der Waals surface area contributed by atoms with Gasteiger partial charge in [-0.25, -0.2) is 9.59 Å². The van der Waals surface area contributed by atoms with Gasteiger partial charge in [0.1, 0.15) is 17.3 Å². The van der Waals surface area contributed by atoms with Gasteiger partial charge in [-0.3, -0.25) is 4.90 Å². The molecule has 0 saturated carbocycles. The Morgan fingerprint density at radius 1 is 1.09 bits per heavy atom. The van der Waals surface area contributed by atoms with Crippen LogP contribution in [0.1, 0.15) is 64.2 Å². The molecule has 1 aliphatic rings. The molecule has 2 aromatic carbocycles. The number of halogens is 1. The number of carboxylic acid groups (broad SMARTS) is 1. The summed E-state index contributed by atoms with van der Waals surface area (Å²) >= 11 is 6.40. The number of benzene rings is 2. The van der Waals surface area contributed by atoms with Crippen LogP contribution >= 0.6 is 11.6 Å². The first kappa shape index (κ1) is 25.6. The quantitative estimate of drug-likeness (QED) is 0.269. The number of esters is 1. The molecule has 182 valence electrons. The van der Waals surface area contributed by atoms with E-state index in [9.17, 15) is 14.7 Å². The lowest BCUT2D eigenvalue weighted by atomic mass is 9.98. The van der Waals surface area contributed by atoms with Crippen molar-refractivity contribution in [3.8, 4) is 11.1 Å². The van der Waals surface area contributed by atoms with Gasteiger partial charge in [-0.1, -0.05) is 55.3 Å². The Labute approximate surface area is 206 Å². The van der Waals surface area contributed by atoms with E-state index in [0.717, 1.165) is 41.8 Å². The molecule has 0 aliphatic carbocycles. The van der Waals surface area contributed by atoms with Crippen LogP contribution in [-0.4, -0.2) is 39.3 Å². The first-order chi connectivity index (χ1) is 16.0. The van der Waals surface area contributed by atoms with Gasteiger partial charge in [0.25, 0.3) is 0 Å². The summed E-state index contributed by atoms with van der Waals surface area (Å²) in [4.78, 5) is 27.9. The van der Waals surface area contributed by atoms with Crippen molar-refractivity contribution in [2.24, 2.45) is 0 Å². The first-order valence-electron chi connectivity index (χ1n) is 11.6. The van der Waals surface area contributed by atoms with E-state index in [-0.39, 0.29) is 5.97 Å². The van der Waals surface area contributed by atoms with Crippen molar-refractivity contribution in [3.05, 3.63) is 65.9 Å². The van der Waals surface area contributed by atoms with E-state index in [1.54, 1.807) is 6.07 Å². The Kier molecular flexibility index (Phi) is 7.93. The maximum absolute atomic E-state index is 12.8. The van der Waals surface area contributed by atoms with E-state index in [1.807, 2.05) is 81.1 Å². The predicted octanol–water partition coefficient (Wildman–Crippen LogP) is 7.09. The van der Waals surface area contributed by atoms with E-state index in [2.05, 4.69) is 6.92 Å². The average molecular weight is 485 g/mol. The highest BCUT2D eigenvalue weighted by atomic mass is 35.5. The number of hydrogen-bond donors (Lipinski definition) is 1. The number of allylic oxidation sites excluding steroid dienone is 1. The number of ether oxygens (including phenoxy) is 1. The molecule has 3 rings (SSSR count). The number of amides is 1. The zero-order chi connectivity index (χ0) is 25.0. The number of nitrogens with zero attached hydrogens (tertiary/aromatic N) is 2. The van der Waals surface area contributed by atoms with E-state index >= 15 is 0 Å². The molecule has 2 aromatic rings. The molecule has 34 heavy (non-hydrogen) atoms.